The summed E-state index contributed by atoms with van der Waals surface area (Å²) < 4.78 is 0. The Balaban J connectivity index is 2.39. The summed E-state index contributed by atoms with van der Waals surface area (Å²) in [6.45, 7) is 4.71. The highest BCUT2D eigenvalue weighted by atomic mass is 16.4. The first-order valence-corrected chi connectivity index (χ1v) is 15.4. The third-order valence-corrected chi connectivity index (χ3v) is 7.71. The molecular weight excluding hydrogens is 610 g/mol. The number of amides is 4. The standard InChI is InChI=1S/C33H45N5O9/c1-4-19(2)28(33(46)47)38-29(42)23(15-16-26(40)41)35-30(43)24(17-21-11-7-5-8-12-21)36-31(44)25(18-22-13-9-6-10-14-22)37-32(45)27(34)20(3)39/h5-14,19-20,23-25,27-28,39H,4,15-18,34H2,1-3H3,(H,35,43)(H,36,44)(H,37,45)(H,38,42)(H,40,41)(H,46,47). The van der Waals surface area contributed by atoms with Crippen LogP contribution >= 0.6 is 0 Å². The molecule has 0 saturated carbocycles. The number of carbonyl (C=O) groups excluding carboxylic acids is 4. The molecule has 4 amide bonds. The van der Waals surface area contributed by atoms with E-state index in [0.717, 1.165) is 0 Å². The molecule has 9 N–H and O–H groups in total. The summed E-state index contributed by atoms with van der Waals surface area (Å²) in [6.07, 6.45) is -1.67. The Morgan fingerprint density at radius 3 is 1.51 bits per heavy atom. The summed E-state index contributed by atoms with van der Waals surface area (Å²) in [4.78, 5) is 76.7. The lowest BCUT2D eigenvalue weighted by Gasteiger charge is -2.27. The minimum atomic E-state index is -1.44. The summed E-state index contributed by atoms with van der Waals surface area (Å²) >= 11 is 0. The fraction of sp³-hybridized carbons (Fsp3) is 0.455. The summed E-state index contributed by atoms with van der Waals surface area (Å²) in [6, 6.07) is 10.8. The van der Waals surface area contributed by atoms with Crippen LogP contribution in [0.3, 0.4) is 0 Å². The molecule has 2 aromatic carbocycles. The molecule has 2 rings (SSSR count). The van der Waals surface area contributed by atoms with E-state index < -0.39 is 84.2 Å². The second-order valence-corrected chi connectivity index (χ2v) is 11.5. The van der Waals surface area contributed by atoms with E-state index in [9.17, 15) is 44.1 Å². The second-order valence-electron chi connectivity index (χ2n) is 11.5. The average molecular weight is 656 g/mol. The zero-order valence-corrected chi connectivity index (χ0v) is 26.7. The summed E-state index contributed by atoms with van der Waals surface area (Å²) in [5.41, 5.74) is 7.12. The highest BCUT2D eigenvalue weighted by molar-refractivity contribution is 5.96. The highest BCUT2D eigenvalue weighted by Crippen LogP contribution is 2.11. The van der Waals surface area contributed by atoms with Crippen LogP contribution in [-0.2, 0) is 41.6 Å². The van der Waals surface area contributed by atoms with E-state index in [1.807, 2.05) is 0 Å². The molecule has 0 spiro atoms. The first-order valence-electron chi connectivity index (χ1n) is 15.4. The van der Waals surface area contributed by atoms with Crippen LogP contribution in [0, 0.1) is 5.92 Å². The van der Waals surface area contributed by atoms with Gasteiger partial charge in [-0.1, -0.05) is 80.9 Å². The van der Waals surface area contributed by atoms with Crippen molar-refractivity contribution >= 4 is 35.6 Å². The molecule has 47 heavy (non-hydrogen) atoms. The Hall–Kier alpha value is -4.82. The van der Waals surface area contributed by atoms with Crippen LogP contribution < -0.4 is 27.0 Å². The van der Waals surface area contributed by atoms with Gasteiger partial charge in [0.2, 0.25) is 23.6 Å². The van der Waals surface area contributed by atoms with Crippen LogP contribution in [0.2, 0.25) is 0 Å². The third kappa shape index (κ3) is 12.8. The van der Waals surface area contributed by atoms with Gasteiger partial charge in [-0.3, -0.25) is 24.0 Å². The molecular formula is C33H45N5O9. The smallest absolute Gasteiger partial charge is 0.326 e. The van der Waals surface area contributed by atoms with Crippen LogP contribution in [0.15, 0.2) is 60.7 Å². The van der Waals surface area contributed by atoms with Crippen LogP contribution in [0.1, 0.15) is 51.2 Å². The number of carboxylic acids is 2. The maximum Gasteiger partial charge on any atom is 0.326 e. The topological polar surface area (TPSA) is 237 Å². The molecule has 0 fully saturated rings. The molecule has 256 valence electrons. The van der Waals surface area contributed by atoms with Crippen molar-refractivity contribution in [2.75, 3.05) is 0 Å². The Morgan fingerprint density at radius 2 is 1.11 bits per heavy atom. The number of nitrogens with one attached hydrogen (secondary N) is 4. The summed E-state index contributed by atoms with van der Waals surface area (Å²) in [7, 11) is 0. The van der Waals surface area contributed by atoms with Crippen molar-refractivity contribution in [3.63, 3.8) is 0 Å². The first-order chi connectivity index (χ1) is 22.2. The van der Waals surface area contributed by atoms with E-state index in [4.69, 9.17) is 5.73 Å². The van der Waals surface area contributed by atoms with Gasteiger partial charge in [-0.25, -0.2) is 4.79 Å². The maximum atomic E-state index is 13.7. The Kier molecular flexibility index (Phi) is 15.5. The van der Waals surface area contributed by atoms with Crippen molar-refractivity contribution in [3.05, 3.63) is 71.8 Å². The van der Waals surface area contributed by atoms with Crippen molar-refractivity contribution < 1.29 is 44.1 Å². The van der Waals surface area contributed by atoms with Gasteiger partial charge < -0.3 is 42.3 Å². The van der Waals surface area contributed by atoms with Gasteiger partial charge >= 0.3 is 11.9 Å². The van der Waals surface area contributed by atoms with Crippen LogP contribution in [0.4, 0.5) is 0 Å². The van der Waals surface area contributed by atoms with Crippen molar-refractivity contribution in [2.24, 2.45) is 11.7 Å². The molecule has 2 aromatic rings. The lowest BCUT2D eigenvalue weighted by atomic mass is 9.98. The van der Waals surface area contributed by atoms with Gasteiger partial charge in [-0.2, -0.15) is 0 Å². The zero-order chi connectivity index (χ0) is 35.1. The van der Waals surface area contributed by atoms with Crippen molar-refractivity contribution in [1.82, 2.24) is 21.3 Å². The zero-order valence-electron chi connectivity index (χ0n) is 26.7. The molecule has 14 nitrogen and oxygen atoms in total. The number of aliphatic carboxylic acids is 2. The maximum absolute atomic E-state index is 13.7. The van der Waals surface area contributed by atoms with E-state index in [-0.39, 0.29) is 19.3 Å². The quantitative estimate of drug-likeness (QED) is 0.102. The largest absolute Gasteiger partial charge is 0.481 e. The number of aliphatic hydroxyl groups is 1. The van der Waals surface area contributed by atoms with Gasteiger partial charge in [-0.05, 0) is 30.4 Å². The number of hydrogen-bond donors (Lipinski definition) is 8. The minimum absolute atomic E-state index is 0.0143. The number of carbonyl (C=O) groups is 6. The monoisotopic (exact) mass is 655 g/mol. The number of rotatable bonds is 19. The van der Waals surface area contributed by atoms with E-state index in [2.05, 4.69) is 21.3 Å². The lowest BCUT2D eigenvalue weighted by molar-refractivity contribution is -0.144. The molecule has 7 unspecified atom stereocenters. The molecule has 7 atom stereocenters. The molecule has 0 saturated heterocycles. The van der Waals surface area contributed by atoms with Gasteiger partial charge in [0.25, 0.3) is 0 Å². The highest BCUT2D eigenvalue weighted by Gasteiger charge is 2.33. The van der Waals surface area contributed by atoms with E-state index >= 15 is 0 Å². The van der Waals surface area contributed by atoms with Crippen LogP contribution in [0.5, 0.6) is 0 Å². The molecule has 0 aliphatic rings. The van der Waals surface area contributed by atoms with Gasteiger partial charge in [0, 0.05) is 19.3 Å². The predicted molar refractivity (Wildman–Crippen MR) is 172 cm³/mol. The van der Waals surface area contributed by atoms with E-state index in [1.165, 1.54) is 6.92 Å². The molecule has 14 heteroatoms. The van der Waals surface area contributed by atoms with Gasteiger partial charge in [-0.15, -0.1) is 0 Å². The molecule has 0 heterocycles. The first kappa shape index (κ1) is 38.4. The fourth-order valence-electron chi connectivity index (χ4n) is 4.62. The predicted octanol–water partition coefficient (Wildman–Crippen LogP) is 0.115. The van der Waals surface area contributed by atoms with Crippen LogP contribution in [0.25, 0.3) is 0 Å². The number of nitrogens with two attached hydrogens (primary N) is 1. The van der Waals surface area contributed by atoms with Crippen molar-refractivity contribution in [1.29, 1.82) is 0 Å². The average Bonchev–Trinajstić information content (AvgIpc) is 3.04. The normalized spacial score (nSPS) is 15.4. The molecule has 0 aliphatic heterocycles. The number of hydrogen-bond acceptors (Lipinski definition) is 8. The van der Waals surface area contributed by atoms with Crippen LogP contribution in [-0.4, -0.2) is 87.2 Å². The molecule has 0 radical (unpaired) electrons. The van der Waals surface area contributed by atoms with Crippen molar-refractivity contribution in [2.45, 2.75) is 89.2 Å². The number of carboxylic acid groups (broad SMARTS) is 2. The SMILES string of the molecule is CCC(C)C(NC(=O)C(CCC(=O)O)NC(=O)C(Cc1ccccc1)NC(=O)C(Cc1ccccc1)NC(=O)C(N)C(C)O)C(=O)O. The number of benzene rings is 2. The second kappa shape index (κ2) is 19.0. The van der Waals surface area contributed by atoms with Crippen molar-refractivity contribution in [3.8, 4) is 0 Å². The molecule has 0 aliphatic carbocycles. The lowest BCUT2D eigenvalue weighted by Crippen LogP contribution is -2.60. The Labute approximate surface area is 273 Å². The van der Waals surface area contributed by atoms with Gasteiger partial charge in [0.15, 0.2) is 0 Å². The summed E-state index contributed by atoms with van der Waals surface area (Å²) in [5.74, 6) is -6.27. The Bertz CT molecular complexity index is 1360. The molecule has 0 aromatic heterocycles. The molecule has 0 bridgehead atoms. The third-order valence-electron chi connectivity index (χ3n) is 7.71. The minimum Gasteiger partial charge on any atom is -0.481 e. The van der Waals surface area contributed by atoms with E-state index in [0.29, 0.717) is 17.5 Å². The Morgan fingerprint density at radius 1 is 0.681 bits per heavy atom. The van der Waals surface area contributed by atoms with Gasteiger partial charge in [0.05, 0.1) is 6.10 Å². The number of aliphatic hydroxyl groups excluding tert-OH is 1. The van der Waals surface area contributed by atoms with Gasteiger partial charge in [0.1, 0.15) is 30.2 Å². The summed E-state index contributed by atoms with van der Waals surface area (Å²) in [5, 5.41) is 38.8. The fourth-order valence-corrected chi connectivity index (χ4v) is 4.62. The van der Waals surface area contributed by atoms with E-state index in [1.54, 1.807) is 74.5 Å².